The summed E-state index contributed by atoms with van der Waals surface area (Å²) in [6.45, 7) is 11.6. The van der Waals surface area contributed by atoms with E-state index in [-0.39, 0.29) is 18.0 Å². The lowest BCUT2D eigenvalue weighted by atomic mass is 10.1. The summed E-state index contributed by atoms with van der Waals surface area (Å²) in [4.78, 5) is 34.0. The lowest BCUT2D eigenvalue weighted by molar-refractivity contribution is 0.0943. The largest absolute Gasteiger partial charge is 0.350 e. The number of hydrogen-bond donors (Lipinski definition) is 2. The Morgan fingerprint density at radius 1 is 1.00 bits per heavy atom. The maximum Gasteiger partial charge on any atom is 0.321 e. The number of carbonyl (C=O) groups excluding carboxylic acids is 2. The standard InChI is InChI=1S/C26H34N6O2/c1-17(2)27-25(33)20-7-9-23-22(15-20)29-24(30(23)5)16-31-10-12-32(13-11-31)26(34)28-21-8-6-18(3)19(4)14-21/h6-9,14-15,17H,10-13,16H2,1-5H3,(H,27,33)(H,28,34). The quantitative estimate of drug-likeness (QED) is 0.606. The third-order valence-corrected chi connectivity index (χ3v) is 6.44. The summed E-state index contributed by atoms with van der Waals surface area (Å²) in [5, 5.41) is 5.94. The predicted octanol–water partition coefficient (Wildman–Crippen LogP) is 3.68. The van der Waals surface area contributed by atoms with Crippen molar-refractivity contribution in [3.63, 3.8) is 0 Å². The number of benzene rings is 2. The lowest BCUT2D eigenvalue weighted by Gasteiger charge is -2.34. The molecule has 2 N–H and O–H groups in total. The molecule has 180 valence electrons. The van der Waals surface area contributed by atoms with Gasteiger partial charge in [-0.05, 0) is 69.2 Å². The van der Waals surface area contributed by atoms with Crippen molar-refractivity contribution in [2.45, 2.75) is 40.3 Å². The molecule has 1 saturated heterocycles. The Kier molecular flexibility index (Phi) is 6.88. The van der Waals surface area contributed by atoms with Crippen LogP contribution in [0.25, 0.3) is 11.0 Å². The molecule has 3 aromatic rings. The first-order valence-electron chi connectivity index (χ1n) is 11.8. The molecule has 8 heteroatoms. The van der Waals surface area contributed by atoms with E-state index in [9.17, 15) is 9.59 Å². The van der Waals surface area contributed by atoms with Gasteiger partial charge in [0.15, 0.2) is 0 Å². The number of fused-ring (bicyclic) bond motifs is 1. The van der Waals surface area contributed by atoms with Crippen LogP contribution >= 0.6 is 0 Å². The average molecular weight is 463 g/mol. The van der Waals surface area contributed by atoms with Gasteiger partial charge in [0.05, 0.1) is 17.6 Å². The van der Waals surface area contributed by atoms with E-state index in [2.05, 4.69) is 27.0 Å². The zero-order chi connectivity index (χ0) is 24.4. The van der Waals surface area contributed by atoms with Crippen molar-refractivity contribution in [3.05, 3.63) is 58.9 Å². The monoisotopic (exact) mass is 462 g/mol. The van der Waals surface area contributed by atoms with E-state index < -0.39 is 0 Å². The van der Waals surface area contributed by atoms with Gasteiger partial charge in [-0.2, -0.15) is 0 Å². The molecule has 1 aliphatic rings. The van der Waals surface area contributed by atoms with E-state index in [0.29, 0.717) is 25.2 Å². The van der Waals surface area contributed by atoms with Crippen molar-refractivity contribution in [2.24, 2.45) is 7.05 Å². The third-order valence-electron chi connectivity index (χ3n) is 6.44. The molecular formula is C26H34N6O2. The minimum absolute atomic E-state index is 0.0576. The number of anilines is 1. The number of nitrogens with one attached hydrogen (secondary N) is 2. The number of rotatable bonds is 5. The molecule has 0 saturated carbocycles. The second-order valence-electron chi connectivity index (χ2n) is 9.41. The molecule has 0 unspecified atom stereocenters. The fraction of sp³-hybridized carbons (Fsp3) is 0.423. The van der Waals surface area contributed by atoms with Crippen molar-refractivity contribution in [1.29, 1.82) is 0 Å². The number of hydrogen-bond acceptors (Lipinski definition) is 4. The molecule has 0 atom stereocenters. The van der Waals surface area contributed by atoms with Gasteiger partial charge < -0.3 is 20.1 Å². The Hall–Kier alpha value is -3.39. The number of amides is 3. The number of urea groups is 1. The number of imidazole rings is 1. The fourth-order valence-electron chi connectivity index (χ4n) is 4.21. The fourth-order valence-corrected chi connectivity index (χ4v) is 4.21. The molecule has 1 fully saturated rings. The summed E-state index contributed by atoms with van der Waals surface area (Å²) in [5.74, 6) is 0.865. The number of carbonyl (C=O) groups is 2. The van der Waals surface area contributed by atoms with Gasteiger partial charge in [0.2, 0.25) is 0 Å². The molecule has 0 bridgehead atoms. The second kappa shape index (κ2) is 9.85. The van der Waals surface area contributed by atoms with Crippen LogP contribution in [0.1, 0.15) is 41.2 Å². The van der Waals surface area contributed by atoms with Gasteiger partial charge in [-0.1, -0.05) is 6.07 Å². The van der Waals surface area contributed by atoms with Gasteiger partial charge in [0.25, 0.3) is 5.91 Å². The maximum atomic E-state index is 12.7. The molecule has 0 aliphatic carbocycles. The molecular weight excluding hydrogens is 428 g/mol. The Bertz CT molecular complexity index is 1210. The number of aromatic nitrogens is 2. The first-order chi connectivity index (χ1) is 16.2. The van der Waals surface area contributed by atoms with Crippen LogP contribution in [0.3, 0.4) is 0 Å². The van der Waals surface area contributed by atoms with E-state index in [1.165, 1.54) is 5.56 Å². The highest BCUT2D eigenvalue weighted by Gasteiger charge is 2.23. The predicted molar refractivity (Wildman–Crippen MR) is 135 cm³/mol. The SMILES string of the molecule is Cc1ccc(NC(=O)N2CCN(Cc3nc4cc(C(=O)NC(C)C)ccc4n3C)CC2)cc1C. The minimum Gasteiger partial charge on any atom is -0.350 e. The molecule has 34 heavy (non-hydrogen) atoms. The normalized spacial score (nSPS) is 14.6. The minimum atomic E-state index is -0.0840. The molecule has 2 heterocycles. The van der Waals surface area contributed by atoms with Crippen molar-refractivity contribution in [1.82, 2.24) is 24.7 Å². The number of piperazine rings is 1. The third kappa shape index (κ3) is 5.22. The van der Waals surface area contributed by atoms with Crippen LogP contribution in [0, 0.1) is 13.8 Å². The lowest BCUT2D eigenvalue weighted by Crippen LogP contribution is -2.49. The summed E-state index contributed by atoms with van der Waals surface area (Å²) in [6, 6.07) is 11.7. The molecule has 0 radical (unpaired) electrons. The molecule has 1 aliphatic heterocycles. The Balaban J connectivity index is 1.36. The zero-order valence-electron chi connectivity index (χ0n) is 20.7. The number of aryl methyl sites for hydroxylation is 3. The van der Waals surface area contributed by atoms with E-state index in [1.807, 2.05) is 69.1 Å². The highest BCUT2D eigenvalue weighted by atomic mass is 16.2. The van der Waals surface area contributed by atoms with Crippen molar-refractivity contribution >= 4 is 28.7 Å². The van der Waals surface area contributed by atoms with E-state index >= 15 is 0 Å². The van der Waals surface area contributed by atoms with Gasteiger partial charge in [-0.3, -0.25) is 9.69 Å². The zero-order valence-corrected chi connectivity index (χ0v) is 20.7. The van der Waals surface area contributed by atoms with Crippen molar-refractivity contribution in [3.8, 4) is 0 Å². The highest BCUT2D eigenvalue weighted by molar-refractivity contribution is 5.97. The van der Waals surface area contributed by atoms with Crippen LogP contribution in [-0.2, 0) is 13.6 Å². The van der Waals surface area contributed by atoms with Crippen LogP contribution in [0.4, 0.5) is 10.5 Å². The first kappa shape index (κ1) is 23.8. The summed E-state index contributed by atoms with van der Waals surface area (Å²) in [7, 11) is 2.01. The van der Waals surface area contributed by atoms with E-state index in [4.69, 9.17) is 4.98 Å². The van der Waals surface area contributed by atoms with Crippen LogP contribution < -0.4 is 10.6 Å². The molecule has 3 amide bonds. The highest BCUT2D eigenvalue weighted by Crippen LogP contribution is 2.19. The summed E-state index contributed by atoms with van der Waals surface area (Å²) in [6.07, 6.45) is 0. The van der Waals surface area contributed by atoms with Gasteiger partial charge in [0.1, 0.15) is 5.82 Å². The van der Waals surface area contributed by atoms with E-state index in [1.54, 1.807) is 0 Å². The van der Waals surface area contributed by atoms with Crippen molar-refractivity contribution < 1.29 is 9.59 Å². The van der Waals surface area contributed by atoms with Gasteiger partial charge in [0, 0.05) is 50.5 Å². The van der Waals surface area contributed by atoms with Crippen LogP contribution in [0.15, 0.2) is 36.4 Å². The topological polar surface area (TPSA) is 82.5 Å². The van der Waals surface area contributed by atoms with E-state index in [0.717, 1.165) is 41.2 Å². The summed E-state index contributed by atoms with van der Waals surface area (Å²) < 4.78 is 2.08. The Morgan fingerprint density at radius 3 is 2.41 bits per heavy atom. The Labute approximate surface area is 200 Å². The molecule has 2 aromatic carbocycles. The molecule has 0 spiro atoms. The van der Waals surface area contributed by atoms with Gasteiger partial charge >= 0.3 is 6.03 Å². The van der Waals surface area contributed by atoms with Crippen LogP contribution in [0.2, 0.25) is 0 Å². The van der Waals surface area contributed by atoms with Gasteiger partial charge in [-0.25, -0.2) is 9.78 Å². The molecule has 1 aromatic heterocycles. The van der Waals surface area contributed by atoms with Crippen molar-refractivity contribution in [2.75, 3.05) is 31.5 Å². The smallest absolute Gasteiger partial charge is 0.321 e. The summed E-state index contributed by atoms with van der Waals surface area (Å²) in [5.41, 5.74) is 5.65. The second-order valence-corrected chi connectivity index (χ2v) is 9.41. The average Bonchev–Trinajstić information content (AvgIpc) is 3.10. The van der Waals surface area contributed by atoms with Crippen LogP contribution in [-0.4, -0.2) is 63.5 Å². The molecule has 4 rings (SSSR count). The Morgan fingerprint density at radius 2 is 1.74 bits per heavy atom. The number of nitrogens with zero attached hydrogens (tertiary/aromatic N) is 4. The maximum absolute atomic E-state index is 12.7. The van der Waals surface area contributed by atoms with Gasteiger partial charge in [-0.15, -0.1) is 0 Å². The first-order valence-corrected chi connectivity index (χ1v) is 11.8. The summed E-state index contributed by atoms with van der Waals surface area (Å²) >= 11 is 0. The molecule has 8 nitrogen and oxygen atoms in total. The van der Waals surface area contributed by atoms with Crippen LogP contribution in [0.5, 0.6) is 0 Å².